The Morgan fingerprint density at radius 1 is 0.897 bits per heavy atom. The Morgan fingerprint density at radius 3 is 2.24 bits per heavy atom. The summed E-state index contributed by atoms with van der Waals surface area (Å²) in [7, 11) is -2.34. The molecule has 3 aliphatic heterocycles. The number of carbonyl (C=O) groups is 2. The van der Waals surface area contributed by atoms with E-state index in [1.807, 2.05) is 48.5 Å². The topological polar surface area (TPSA) is 159 Å². The van der Waals surface area contributed by atoms with Crippen LogP contribution < -0.4 is 30.1 Å². The first-order valence-corrected chi connectivity index (χ1v) is 20.9. The standard InChI is InChI=1S/C39H46F3N11O4S/c1-49(58(2,56)57)36-28(4-3-16-43-36)24-44-35-33(39(40,41)42)25-45-37(48-35)46-29-7-11-30(12-8-29)51-17-13-31(14-18-51)52-22-20-50(21-23-52)26-27-5-9-32(10-6-27)53-19-15-34(54)47-38(53)55/h3-12,16,25,31H,13-15,17-24,26H2,1-2H3,(H,47,54,55)(H2,44,45,46,48). The van der Waals surface area contributed by atoms with E-state index in [4.69, 9.17) is 0 Å². The number of sulfonamides is 1. The maximum absolute atomic E-state index is 13.9. The largest absolute Gasteiger partial charge is 0.421 e. The molecule has 19 heteroatoms. The van der Waals surface area contributed by atoms with Crippen molar-refractivity contribution in [3.63, 3.8) is 0 Å². The summed E-state index contributed by atoms with van der Waals surface area (Å²) in [6, 6.07) is 18.9. The van der Waals surface area contributed by atoms with Crippen LogP contribution in [0.5, 0.6) is 0 Å². The predicted octanol–water partition coefficient (Wildman–Crippen LogP) is 4.87. The molecule has 0 radical (unpaired) electrons. The number of rotatable bonds is 12. The van der Waals surface area contributed by atoms with E-state index in [9.17, 15) is 31.2 Å². The third-order valence-corrected chi connectivity index (χ3v) is 12.0. The van der Waals surface area contributed by atoms with Crippen LogP contribution in [0.15, 0.2) is 73.1 Å². The van der Waals surface area contributed by atoms with Crippen LogP contribution in [0.2, 0.25) is 0 Å². The van der Waals surface area contributed by atoms with Crippen molar-refractivity contribution in [2.75, 3.05) is 83.9 Å². The molecule has 0 atom stereocenters. The average molecular weight is 822 g/mol. The van der Waals surface area contributed by atoms with E-state index in [-0.39, 0.29) is 30.2 Å². The molecular formula is C39H46F3N11O4S. The molecule has 0 unspecified atom stereocenters. The summed E-state index contributed by atoms with van der Waals surface area (Å²) in [5, 5.41) is 8.08. The molecule has 3 saturated heterocycles. The Morgan fingerprint density at radius 2 is 1.59 bits per heavy atom. The fourth-order valence-corrected chi connectivity index (χ4v) is 7.96. The summed E-state index contributed by atoms with van der Waals surface area (Å²) in [6.45, 7) is 6.81. The number of hydrogen-bond donors (Lipinski definition) is 3. The van der Waals surface area contributed by atoms with Crippen LogP contribution in [0, 0.1) is 0 Å². The Kier molecular flexibility index (Phi) is 12.0. The van der Waals surface area contributed by atoms with Gasteiger partial charge in [0, 0.05) is 113 Å². The highest BCUT2D eigenvalue weighted by atomic mass is 32.2. The molecular weight excluding hydrogens is 776 g/mol. The van der Waals surface area contributed by atoms with Gasteiger partial charge in [-0.05, 0) is 60.9 Å². The number of piperidine rings is 1. The summed E-state index contributed by atoms with van der Waals surface area (Å²) in [5.74, 6) is -0.652. The number of halogens is 3. The first-order valence-electron chi connectivity index (χ1n) is 19.1. The van der Waals surface area contributed by atoms with Crippen LogP contribution in [-0.4, -0.2) is 110 Å². The zero-order valence-electron chi connectivity index (χ0n) is 32.2. The lowest BCUT2D eigenvalue weighted by atomic mass is 10.0. The number of aromatic nitrogens is 3. The quantitative estimate of drug-likeness (QED) is 0.178. The Hall–Kier alpha value is -5.53. The lowest BCUT2D eigenvalue weighted by Crippen LogP contribution is -2.53. The van der Waals surface area contributed by atoms with Gasteiger partial charge in [-0.2, -0.15) is 18.2 Å². The number of hydrogen-bond acceptors (Lipinski definition) is 12. The molecule has 3 N–H and O–H groups in total. The van der Waals surface area contributed by atoms with Crippen molar-refractivity contribution < 1.29 is 31.2 Å². The number of nitrogens with one attached hydrogen (secondary N) is 3. The van der Waals surface area contributed by atoms with Gasteiger partial charge in [-0.3, -0.25) is 29.1 Å². The van der Waals surface area contributed by atoms with Crippen molar-refractivity contribution in [2.45, 2.75) is 44.6 Å². The molecule has 15 nitrogen and oxygen atoms in total. The van der Waals surface area contributed by atoms with E-state index in [2.05, 4.69) is 45.6 Å². The fraction of sp³-hybridized carbons (Fsp3) is 0.410. The van der Waals surface area contributed by atoms with Gasteiger partial charge in [-0.15, -0.1) is 0 Å². The van der Waals surface area contributed by atoms with Crippen molar-refractivity contribution in [2.24, 2.45) is 0 Å². The molecule has 0 bridgehead atoms. The number of urea groups is 1. The Balaban J connectivity index is 0.890. The van der Waals surface area contributed by atoms with E-state index in [0.29, 0.717) is 36.5 Å². The molecule has 3 amide bonds. The lowest BCUT2D eigenvalue weighted by Gasteiger charge is -2.43. The highest BCUT2D eigenvalue weighted by Gasteiger charge is 2.36. The fourth-order valence-electron chi connectivity index (χ4n) is 7.48. The Labute approximate surface area is 335 Å². The van der Waals surface area contributed by atoms with Gasteiger partial charge in [0.15, 0.2) is 0 Å². The van der Waals surface area contributed by atoms with Crippen molar-refractivity contribution in [1.82, 2.24) is 30.1 Å². The van der Waals surface area contributed by atoms with E-state index in [1.54, 1.807) is 17.0 Å². The van der Waals surface area contributed by atoms with Gasteiger partial charge in [0.2, 0.25) is 21.9 Å². The van der Waals surface area contributed by atoms with E-state index in [1.165, 1.54) is 18.8 Å². The first-order chi connectivity index (χ1) is 27.7. The zero-order valence-corrected chi connectivity index (χ0v) is 33.1. The van der Waals surface area contributed by atoms with Gasteiger partial charge < -0.3 is 15.5 Å². The smallest absolute Gasteiger partial charge is 0.371 e. The van der Waals surface area contributed by atoms with Crippen LogP contribution in [-0.2, 0) is 34.1 Å². The van der Waals surface area contributed by atoms with Crippen molar-refractivity contribution >= 4 is 56.6 Å². The Bertz CT molecular complexity index is 2200. The summed E-state index contributed by atoms with van der Waals surface area (Å²) in [4.78, 5) is 44.8. The monoisotopic (exact) mass is 821 g/mol. The molecule has 2 aromatic carbocycles. The number of carbonyl (C=O) groups excluding carboxylic acids is 2. The third kappa shape index (κ3) is 9.76. The summed E-state index contributed by atoms with van der Waals surface area (Å²) in [6.07, 6.45) is 0.775. The molecule has 7 rings (SSSR count). The van der Waals surface area contributed by atoms with Crippen LogP contribution in [0.1, 0.15) is 36.0 Å². The number of amides is 3. The molecule has 308 valence electrons. The summed E-state index contributed by atoms with van der Waals surface area (Å²) < 4.78 is 67.0. The highest BCUT2D eigenvalue weighted by molar-refractivity contribution is 7.92. The second-order valence-electron chi connectivity index (χ2n) is 14.6. The SMILES string of the molecule is CN(c1ncccc1CNc1nc(Nc2ccc(N3CCC(N4CCN(Cc5ccc(N6CCC(=O)NC6=O)cc5)CC4)CC3)cc2)ncc1C(F)(F)F)S(C)(=O)=O. The average Bonchev–Trinajstić information content (AvgIpc) is 3.20. The van der Waals surface area contributed by atoms with Gasteiger partial charge >= 0.3 is 12.2 Å². The van der Waals surface area contributed by atoms with Gasteiger partial charge in [0.1, 0.15) is 17.2 Å². The minimum atomic E-state index is -4.73. The van der Waals surface area contributed by atoms with Crippen molar-refractivity contribution in [3.05, 3.63) is 89.7 Å². The summed E-state index contributed by atoms with van der Waals surface area (Å²) >= 11 is 0. The van der Waals surface area contributed by atoms with Crippen LogP contribution in [0.3, 0.4) is 0 Å². The molecule has 3 fully saturated rings. The maximum atomic E-state index is 13.9. The molecule has 4 aromatic rings. The minimum Gasteiger partial charge on any atom is -0.371 e. The van der Waals surface area contributed by atoms with Crippen molar-refractivity contribution in [3.8, 4) is 0 Å². The minimum absolute atomic E-state index is 0.0373. The molecule has 3 aliphatic rings. The molecule has 5 heterocycles. The van der Waals surface area contributed by atoms with Gasteiger partial charge in [-0.1, -0.05) is 18.2 Å². The predicted molar refractivity (Wildman–Crippen MR) is 216 cm³/mol. The van der Waals surface area contributed by atoms with Crippen LogP contribution in [0.25, 0.3) is 0 Å². The zero-order chi connectivity index (χ0) is 41.0. The van der Waals surface area contributed by atoms with Crippen LogP contribution in [0.4, 0.5) is 52.6 Å². The number of piperazine rings is 1. The van der Waals surface area contributed by atoms with Gasteiger partial charge in [-0.25, -0.2) is 23.2 Å². The lowest BCUT2D eigenvalue weighted by molar-refractivity contribution is -0.137. The van der Waals surface area contributed by atoms with Crippen LogP contribution >= 0.6 is 0 Å². The summed E-state index contributed by atoms with van der Waals surface area (Å²) in [5.41, 5.74) is 2.93. The van der Waals surface area contributed by atoms with E-state index < -0.39 is 27.6 Å². The number of alkyl halides is 3. The second-order valence-corrected chi connectivity index (χ2v) is 16.7. The molecule has 0 spiro atoms. The molecule has 0 saturated carbocycles. The number of nitrogens with zero attached hydrogens (tertiary/aromatic N) is 8. The molecule has 2 aromatic heterocycles. The van der Waals surface area contributed by atoms with Gasteiger partial charge in [0.25, 0.3) is 0 Å². The van der Waals surface area contributed by atoms with E-state index >= 15 is 0 Å². The number of pyridine rings is 1. The van der Waals surface area contributed by atoms with Gasteiger partial charge in [0.05, 0.1) is 6.26 Å². The first kappa shape index (κ1) is 40.7. The number of benzene rings is 2. The third-order valence-electron chi connectivity index (χ3n) is 10.8. The maximum Gasteiger partial charge on any atom is 0.421 e. The number of anilines is 6. The normalized spacial score (nSPS) is 17.6. The van der Waals surface area contributed by atoms with Crippen molar-refractivity contribution in [1.29, 1.82) is 0 Å². The molecule has 58 heavy (non-hydrogen) atoms. The number of imide groups is 1. The highest BCUT2D eigenvalue weighted by Crippen LogP contribution is 2.35. The van der Waals surface area contributed by atoms with E-state index in [0.717, 1.165) is 80.6 Å². The second kappa shape index (κ2) is 17.1. The molecule has 0 aliphatic carbocycles.